The van der Waals surface area contributed by atoms with Crippen molar-refractivity contribution in [3.8, 4) is 0 Å². The van der Waals surface area contributed by atoms with Gasteiger partial charge in [-0.2, -0.15) is 0 Å². The summed E-state index contributed by atoms with van der Waals surface area (Å²) in [7, 11) is 1.25. The molecule has 6 heteroatoms. The lowest BCUT2D eigenvalue weighted by atomic mass is 10.1. The number of carbonyl (C=O) groups is 2. The fourth-order valence-corrected chi connectivity index (χ4v) is 1.70. The van der Waals surface area contributed by atoms with Crippen LogP contribution in [0.15, 0.2) is 28.7 Å². The zero-order valence-electron chi connectivity index (χ0n) is 9.85. The first kappa shape index (κ1) is 14.7. The molecule has 2 N–H and O–H groups in total. The Labute approximate surface area is 113 Å². The number of aliphatic hydroxyl groups excluding tert-OH is 1. The Hall–Kier alpha value is -1.40. The van der Waals surface area contributed by atoms with E-state index in [2.05, 4.69) is 26.0 Å². The minimum Gasteiger partial charge on any atom is -0.467 e. The highest BCUT2D eigenvalue weighted by molar-refractivity contribution is 9.10. The predicted octanol–water partition coefficient (Wildman–Crippen LogP) is 0.642. The van der Waals surface area contributed by atoms with Gasteiger partial charge in [0.25, 0.3) is 0 Å². The molecule has 0 saturated carbocycles. The molecule has 0 spiro atoms. The number of amides is 1. The van der Waals surface area contributed by atoms with Gasteiger partial charge >= 0.3 is 5.97 Å². The third-order valence-corrected chi connectivity index (χ3v) is 2.85. The monoisotopic (exact) mass is 315 g/mol. The molecule has 0 saturated heterocycles. The van der Waals surface area contributed by atoms with Gasteiger partial charge in [0.15, 0.2) is 0 Å². The van der Waals surface area contributed by atoms with Crippen molar-refractivity contribution in [2.45, 2.75) is 12.5 Å². The minimum atomic E-state index is -0.796. The van der Waals surface area contributed by atoms with Gasteiger partial charge < -0.3 is 15.2 Å². The van der Waals surface area contributed by atoms with Crippen molar-refractivity contribution in [2.75, 3.05) is 13.7 Å². The molecule has 98 valence electrons. The lowest BCUT2D eigenvalue weighted by Gasteiger charge is -2.15. The van der Waals surface area contributed by atoms with Crippen molar-refractivity contribution in [3.63, 3.8) is 0 Å². The van der Waals surface area contributed by atoms with Crippen LogP contribution in [0.2, 0.25) is 0 Å². The largest absolute Gasteiger partial charge is 0.467 e. The third-order valence-electron chi connectivity index (χ3n) is 2.32. The molecule has 5 nitrogen and oxygen atoms in total. The summed E-state index contributed by atoms with van der Waals surface area (Å²) in [6, 6.07) is 6.57. The highest BCUT2D eigenvalue weighted by Crippen LogP contribution is 2.12. The van der Waals surface area contributed by atoms with Crippen LogP contribution in [0.5, 0.6) is 0 Å². The van der Waals surface area contributed by atoms with Crippen LogP contribution in [0.25, 0.3) is 0 Å². The molecule has 1 atom stereocenters. The predicted molar refractivity (Wildman–Crippen MR) is 68.9 cm³/mol. The Morgan fingerprint density at radius 3 is 2.50 bits per heavy atom. The average molecular weight is 316 g/mol. The molecule has 0 bridgehead atoms. The number of methoxy groups -OCH3 is 1. The molecule has 0 aromatic heterocycles. The summed E-state index contributed by atoms with van der Waals surface area (Å²) < 4.78 is 5.54. The van der Waals surface area contributed by atoms with E-state index < -0.39 is 24.5 Å². The molecule has 0 radical (unpaired) electrons. The van der Waals surface area contributed by atoms with E-state index in [1.54, 1.807) is 0 Å². The van der Waals surface area contributed by atoms with Crippen LogP contribution < -0.4 is 5.32 Å². The van der Waals surface area contributed by atoms with Gasteiger partial charge in [0.2, 0.25) is 5.91 Å². The number of aliphatic hydroxyl groups is 1. The lowest BCUT2D eigenvalue weighted by Crippen LogP contribution is -2.44. The number of nitrogens with one attached hydrogen (secondary N) is 1. The second kappa shape index (κ2) is 7.13. The summed E-state index contributed by atoms with van der Waals surface area (Å²) in [5.74, 6) is -1.15. The molecule has 0 heterocycles. The van der Waals surface area contributed by atoms with Crippen LogP contribution in [0.3, 0.4) is 0 Å². The van der Waals surface area contributed by atoms with E-state index >= 15 is 0 Å². The summed E-state index contributed by atoms with van der Waals surface area (Å²) >= 11 is 3.31. The Kier molecular flexibility index (Phi) is 5.80. The summed E-state index contributed by atoms with van der Waals surface area (Å²) in [6.45, 7) is -0.659. The number of carbonyl (C=O) groups excluding carboxylic acids is 2. The number of hydrogen-bond donors (Lipinski definition) is 2. The Balaban J connectivity index is 2.74. The third kappa shape index (κ3) is 4.46. The van der Waals surface area contributed by atoms with Crippen LogP contribution in [-0.2, 0) is 20.7 Å². The number of benzene rings is 1. The van der Waals surface area contributed by atoms with E-state index in [1.807, 2.05) is 24.3 Å². The van der Waals surface area contributed by atoms with E-state index in [-0.39, 0.29) is 0 Å². The maximum Gasteiger partial charge on any atom is 0.328 e. The van der Waals surface area contributed by atoms with Crippen LogP contribution in [-0.4, -0.2) is 36.7 Å². The standard InChI is InChI=1S/C12H14BrNO4/c1-18-12(17)10(14-11(16)7-15)6-8-2-4-9(13)5-3-8/h2-5,10,15H,6-7H2,1H3,(H,14,16)/t10-/m0/s1. The maximum absolute atomic E-state index is 11.5. The first-order chi connectivity index (χ1) is 8.56. The Morgan fingerprint density at radius 2 is 2.00 bits per heavy atom. The SMILES string of the molecule is COC(=O)[C@H](Cc1ccc(Br)cc1)NC(=O)CO. The quantitative estimate of drug-likeness (QED) is 0.782. The number of esters is 1. The van der Waals surface area contributed by atoms with Gasteiger partial charge in [-0.1, -0.05) is 28.1 Å². The fourth-order valence-electron chi connectivity index (χ4n) is 1.43. The highest BCUT2D eigenvalue weighted by Gasteiger charge is 2.21. The van der Waals surface area contributed by atoms with E-state index in [0.29, 0.717) is 6.42 Å². The normalized spacial score (nSPS) is 11.7. The second-order valence-corrected chi connectivity index (χ2v) is 4.55. The first-order valence-corrected chi connectivity index (χ1v) is 6.08. The number of halogens is 1. The molecule has 0 unspecified atom stereocenters. The molecular formula is C12H14BrNO4. The maximum atomic E-state index is 11.5. The van der Waals surface area contributed by atoms with Crippen molar-refractivity contribution in [1.29, 1.82) is 0 Å². The van der Waals surface area contributed by atoms with Crippen LogP contribution in [0.4, 0.5) is 0 Å². The van der Waals surface area contributed by atoms with Gasteiger partial charge in [-0.05, 0) is 17.7 Å². The van der Waals surface area contributed by atoms with E-state index in [4.69, 9.17) is 5.11 Å². The molecule has 1 amide bonds. The fraction of sp³-hybridized carbons (Fsp3) is 0.333. The van der Waals surface area contributed by atoms with Crippen molar-refractivity contribution in [1.82, 2.24) is 5.32 Å². The topological polar surface area (TPSA) is 75.6 Å². The molecule has 18 heavy (non-hydrogen) atoms. The molecule has 0 aliphatic rings. The van der Waals surface area contributed by atoms with E-state index in [9.17, 15) is 9.59 Å². The minimum absolute atomic E-state index is 0.311. The first-order valence-electron chi connectivity index (χ1n) is 5.29. The van der Waals surface area contributed by atoms with Gasteiger partial charge in [-0.15, -0.1) is 0 Å². The van der Waals surface area contributed by atoms with Crippen molar-refractivity contribution in [3.05, 3.63) is 34.3 Å². The molecule has 1 aromatic carbocycles. The van der Waals surface area contributed by atoms with Gasteiger partial charge in [0.1, 0.15) is 12.6 Å². The van der Waals surface area contributed by atoms with Crippen molar-refractivity contribution < 1.29 is 19.4 Å². The van der Waals surface area contributed by atoms with Crippen LogP contribution in [0, 0.1) is 0 Å². The lowest BCUT2D eigenvalue weighted by molar-refractivity contribution is -0.145. The smallest absolute Gasteiger partial charge is 0.328 e. The molecule has 1 aromatic rings. The summed E-state index contributed by atoms with van der Waals surface area (Å²) in [5.41, 5.74) is 0.881. The summed E-state index contributed by atoms with van der Waals surface area (Å²) in [4.78, 5) is 22.6. The van der Waals surface area contributed by atoms with Gasteiger partial charge in [-0.25, -0.2) is 4.79 Å². The number of hydrogen-bond acceptors (Lipinski definition) is 4. The zero-order valence-corrected chi connectivity index (χ0v) is 11.4. The zero-order chi connectivity index (χ0) is 13.5. The van der Waals surface area contributed by atoms with Crippen LogP contribution >= 0.6 is 15.9 Å². The van der Waals surface area contributed by atoms with E-state index in [1.165, 1.54) is 7.11 Å². The molecule has 0 fully saturated rings. The van der Waals surface area contributed by atoms with Crippen LogP contribution in [0.1, 0.15) is 5.56 Å². The number of ether oxygens (including phenoxy) is 1. The average Bonchev–Trinajstić information content (AvgIpc) is 2.39. The second-order valence-electron chi connectivity index (χ2n) is 3.63. The Morgan fingerprint density at radius 1 is 1.39 bits per heavy atom. The molecule has 0 aliphatic carbocycles. The summed E-state index contributed by atoms with van der Waals surface area (Å²) in [5, 5.41) is 11.1. The molecule has 0 aliphatic heterocycles. The molecule has 1 rings (SSSR count). The van der Waals surface area contributed by atoms with Gasteiger partial charge in [0, 0.05) is 10.9 Å². The Bertz CT molecular complexity index is 419. The highest BCUT2D eigenvalue weighted by atomic mass is 79.9. The molecular weight excluding hydrogens is 302 g/mol. The van der Waals surface area contributed by atoms with E-state index in [0.717, 1.165) is 10.0 Å². The van der Waals surface area contributed by atoms with Gasteiger partial charge in [-0.3, -0.25) is 4.79 Å². The van der Waals surface area contributed by atoms with Gasteiger partial charge in [0.05, 0.1) is 7.11 Å². The number of rotatable bonds is 5. The van der Waals surface area contributed by atoms with Crippen molar-refractivity contribution in [2.24, 2.45) is 0 Å². The summed E-state index contributed by atoms with van der Waals surface area (Å²) in [6.07, 6.45) is 0.311. The van der Waals surface area contributed by atoms with Crippen molar-refractivity contribution >= 4 is 27.8 Å².